The first-order chi connectivity index (χ1) is 10.6. The summed E-state index contributed by atoms with van der Waals surface area (Å²) in [6.07, 6.45) is 5.36. The molecule has 5 heteroatoms. The first kappa shape index (κ1) is 19.8. The van der Waals surface area contributed by atoms with Gasteiger partial charge in [-0.25, -0.2) is 9.59 Å². The van der Waals surface area contributed by atoms with Crippen LogP contribution in [0.5, 0.6) is 0 Å². The fraction of sp³-hybridized carbons (Fsp3) is 0. The van der Waals surface area contributed by atoms with Gasteiger partial charge in [0, 0.05) is 12.2 Å². The standard InChI is InChI=1S/2C9H8O2.H2O/c2*10-9(11)7-6-8-4-2-1-3-5-8;/h2*1-7H,(H,10,11);1H2. The zero-order chi connectivity index (χ0) is 16.2. The molecule has 5 nitrogen and oxygen atoms in total. The summed E-state index contributed by atoms with van der Waals surface area (Å²) < 4.78 is 0. The highest BCUT2D eigenvalue weighted by Gasteiger charge is 1.86. The van der Waals surface area contributed by atoms with Crippen LogP contribution in [0.3, 0.4) is 0 Å². The van der Waals surface area contributed by atoms with Crippen molar-refractivity contribution in [3.8, 4) is 0 Å². The van der Waals surface area contributed by atoms with E-state index in [4.69, 9.17) is 10.2 Å². The fourth-order valence-corrected chi connectivity index (χ4v) is 1.46. The van der Waals surface area contributed by atoms with E-state index in [1.165, 1.54) is 0 Å². The SMILES string of the molecule is O.O=C(O)C=Cc1ccccc1.O=C(O)C=Cc1ccccc1. The van der Waals surface area contributed by atoms with Crippen LogP contribution in [0.4, 0.5) is 0 Å². The Morgan fingerprint density at radius 3 is 1.22 bits per heavy atom. The van der Waals surface area contributed by atoms with E-state index in [-0.39, 0.29) is 5.48 Å². The van der Waals surface area contributed by atoms with E-state index in [0.717, 1.165) is 23.3 Å². The quantitative estimate of drug-likeness (QED) is 0.846. The second-order valence-electron chi connectivity index (χ2n) is 4.16. The molecular formula is C18H18O5. The lowest BCUT2D eigenvalue weighted by Crippen LogP contribution is -1.85. The zero-order valence-corrected chi connectivity index (χ0v) is 12.3. The summed E-state index contributed by atoms with van der Waals surface area (Å²) >= 11 is 0. The molecular weight excluding hydrogens is 296 g/mol. The van der Waals surface area contributed by atoms with Crippen LogP contribution >= 0.6 is 0 Å². The molecule has 2 aromatic carbocycles. The Bertz CT molecular complexity index is 586. The molecule has 0 atom stereocenters. The summed E-state index contributed by atoms with van der Waals surface area (Å²) in [7, 11) is 0. The normalized spacial score (nSPS) is 9.74. The van der Waals surface area contributed by atoms with Gasteiger partial charge >= 0.3 is 11.9 Å². The third kappa shape index (κ3) is 10.2. The summed E-state index contributed by atoms with van der Waals surface area (Å²) in [4.78, 5) is 20.2. The molecule has 0 saturated carbocycles. The van der Waals surface area contributed by atoms with E-state index in [1.807, 2.05) is 60.7 Å². The van der Waals surface area contributed by atoms with E-state index in [1.54, 1.807) is 12.2 Å². The molecule has 0 spiro atoms. The van der Waals surface area contributed by atoms with Gasteiger partial charge in [0.15, 0.2) is 0 Å². The lowest BCUT2D eigenvalue weighted by atomic mass is 10.2. The molecule has 0 aliphatic heterocycles. The maximum atomic E-state index is 10.1. The first-order valence-corrected chi connectivity index (χ1v) is 6.50. The Hall–Kier alpha value is -3.18. The van der Waals surface area contributed by atoms with Gasteiger partial charge in [0.2, 0.25) is 0 Å². The number of rotatable bonds is 4. The monoisotopic (exact) mass is 314 g/mol. The highest BCUT2D eigenvalue weighted by Crippen LogP contribution is 2.00. The van der Waals surface area contributed by atoms with Crippen molar-refractivity contribution in [3.63, 3.8) is 0 Å². The highest BCUT2D eigenvalue weighted by atomic mass is 16.4. The summed E-state index contributed by atoms with van der Waals surface area (Å²) in [5.74, 6) is -1.84. The molecule has 4 N–H and O–H groups in total. The maximum absolute atomic E-state index is 10.1. The van der Waals surface area contributed by atoms with Gasteiger partial charge in [-0.2, -0.15) is 0 Å². The van der Waals surface area contributed by atoms with Gasteiger partial charge in [-0.3, -0.25) is 0 Å². The van der Waals surface area contributed by atoms with E-state index >= 15 is 0 Å². The fourth-order valence-electron chi connectivity index (χ4n) is 1.46. The zero-order valence-electron chi connectivity index (χ0n) is 12.3. The Balaban J connectivity index is 0.000000403. The lowest BCUT2D eigenvalue weighted by molar-refractivity contribution is -0.132. The van der Waals surface area contributed by atoms with Gasteiger partial charge in [0.05, 0.1) is 0 Å². The maximum Gasteiger partial charge on any atom is 0.328 e. The minimum absolute atomic E-state index is 0. The molecule has 0 aromatic heterocycles. The molecule has 0 radical (unpaired) electrons. The minimum Gasteiger partial charge on any atom is -0.478 e. The van der Waals surface area contributed by atoms with Gasteiger partial charge in [-0.05, 0) is 23.3 Å². The van der Waals surface area contributed by atoms with E-state index in [2.05, 4.69) is 0 Å². The van der Waals surface area contributed by atoms with Crippen molar-refractivity contribution in [2.45, 2.75) is 0 Å². The van der Waals surface area contributed by atoms with E-state index in [9.17, 15) is 9.59 Å². The van der Waals surface area contributed by atoms with Crippen LogP contribution < -0.4 is 0 Å². The molecule has 0 bridgehead atoms. The predicted octanol–water partition coefficient (Wildman–Crippen LogP) is 2.74. The predicted molar refractivity (Wildman–Crippen MR) is 89.8 cm³/mol. The van der Waals surface area contributed by atoms with Crippen molar-refractivity contribution in [3.05, 3.63) is 83.9 Å². The van der Waals surface area contributed by atoms with Crippen LogP contribution in [-0.2, 0) is 9.59 Å². The molecule has 2 aromatic rings. The van der Waals surface area contributed by atoms with Crippen LogP contribution in [0.2, 0.25) is 0 Å². The van der Waals surface area contributed by atoms with Crippen molar-refractivity contribution in [2.75, 3.05) is 0 Å². The minimum atomic E-state index is -0.922. The Kier molecular flexibility index (Phi) is 9.89. The third-order valence-electron chi connectivity index (χ3n) is 2.44. The number of carboxylic acids is 2. The van der Waals surface area contributed by atoms with Crippen LogP contribution in [0, 0.1) is 0 Å². The largest absolute Gasteiger partial charge is 0.478 e. The molecule has 0 heterocycles. The lowest BCUT2D eigenvalue weighted by Gasteiger charge is -1.87. The molecule has 0 saturated heterocycles. The van der Waals surface area contributed by atoms with Gasteiger partial charge < -0.3 is 15.7 Å². The number of carboxylic acid groups (broad SMARTS) is 2. The van der Waals surface area contributed by atoms with Crippen molar-refractivity contribution >= 4 is 24.1 Å². The molecule has 0 amide bonds. The molecule has 0 aliphatic carbocycles. The molecule has 2 rings (SSSR count). The highest BCUT2D eigenvalue weighted by molar-refractivity contribution is 5.85. The molecule has 0 unspecified atom stereocenters. The number of hydrogen-bond acceptors (Lipinski definition) is 2. The van der Waals surface area contributed by atoms with E-state index in [0.29, 0.717) is 0 Å². The van der Waals surface area contributed by atoms with Gasteiger partial charge in [-0.15, -0.1) is 0 Å². The summed E-state index contributed by atoms with van der Waals surface area (Å²) in [5.41, 5.74) is 1.80. The second-order valence-corrected chi connectivity index (χ2v) is 4.16. The average molecular weight is 314 g/mol. The number of carbonyl (C=O) groups is 2. The van der Waals surface area contributed by atoms with E-state index < -0.39 is 11.9 Å². The van der Waals surface area contributed by atoms with Gasteiger partial charge in [0.1, 0.15) is 0 Å². The van der Waals surface area contributed by atoms with Gasteiger partial charge in [-0.1, -0.05) is 60.7 Å². The smallest absolute Gasteiger partial charge is 0.328 e. The van der Waals surface area contributed by atoms with Crippen LogP contribution in [0.25, 0.3) is 12.2 Å². The molecule has 120 valence electrons. The summed E-state index contributed by atoms with van der Waals surface area (Å²) in [6.45, 7) is 0. The van der Waals surface area contributed by atoms with Crippen LogP contribution in [-0.4, -0.2) is 27.6 Å². The topological polar surface area (TPSA) is 106 Å². The summed E-state index contributed by atoms with van der Waals surface area (Å²) in [5, 5.41) is 16.6. The first-order valence-electron chi connectivity index (χ1n) is 6.50. The molecule has 0 aliphatic rings. The Morgan fingerprint density at radius 1 is 0.652 bits per heavy atom. The number of hydrogen-bond donors (Lipinski definition) is 2. The Labute approximate surface area is 134 Å². The Morgan fingerprint density at radius 2 is 0.957 bits per heavy atom. The average Bonchev–Trinajstić information content (AvgIpc) is 2.53. The van der Waals surface area contributed by atoms with Gasteiger partial charge in [0.25, 0.3) is 0 Å². The van der Waals surface area contributed by atoms with Crippen molar-refractivity contribution < 1.29 is 25.3 Å². The van der Waals surface area contributed by atoms with Crippen molar-refractivity contribution in [1.82, 2.24) is 0 Å². The second kappa shape index (κ2) is 11.5. The molecule has 23 heavy (non-hydrogen) atoms. The number of aliphatic carboxylic acids is 2. The number of benzene rings is 2. The van der Waals surface area contributed by atoms with Crippen LogP contribution in [0.1, 0.15) is 11.1 Å². The molecule has 0 fully saturated rings. The summed E-state index contributed by atoms with van der Waals surface area (Å²) in [6, 6.07) is 18.6. The van der Waals surface area contributed by atoms with Crippen molar-refractivity contribution in [2.24, 2.45) is 0 Å². The van der Waals surface area contributed by atoms with Crippen molar-refractivity contribution in [1.29, 1.82) is 0 Å². The van der Waals surface area contributed by atoms with Crippen LogP contribution in [0.15, 0.2) is 72.8 Å². The third-order valence-corrected chi connectivity index (χ3v) is 2.44.